The fourth-order valence-electron chi connectivity index (χ4n) is 2.95. The van der Waals surface area contributed by atoms with E-state index >= 15 is 0 Å². The highest BCUT2D eigenvalue weighted by molar-refractivity contribution is 5.89. The van der Waals surface area contributed by atoms with E-state index in [1.54, 1.807) is 0 Å². The van der Waals surface area contributed by atoms with Gasteiger partial charge in [-0.25, -0.2) is 4.79 Å². The number of benzene rings is 2. The number of urea groups is 1. The van der Waals surface area contributed by atoms with Crippen molar-refractivity contribution in [2.45, 2.75) is 32.6 Å². The average Bonchev–Trinajstić information content (AvgIpc) is 2.60. The smallest absolute Gasteiger partial charge is 0.319 e. The van der Waals surface area contributed by atoms with Crippen molar-refractivity contribution in [1.29, 1.82) is 0 Å². The molecule has 4 nitrogen and oxygen atoms in total. The molecule has 0 fully saturated rings. The molecule has 0 unspecified atom stereocenters. The molecule has 2 N–H and O–H groups in total. The lowest BCUT2D eigenvalue weighted by molar-refractivity contribution is 0.247. The van der Waals surface area contributed by atoms with Crippen molar-refractivity contribution in [3.05, 3.63) is 59.2 Å². The molecular weight excluding hydrogens is 300 g/mol. The van der Waals surface area contributed by atoms with Crippen LogP contribution < -0.4 is 15.4 Å². The Labute approximate surface area is 143 Å². The molecule has 126 valence electrons. The number of hydrogen-bond acceptors (Lipinski definition) is 2. The van der Waals surface area contributed by atoms with Crippen LogP contribution in [0.25, 0.3) is 0 Å². The number of carbonyl (C=O) groups excluding carboxylic acids is 1. The molecule has 0 radical (unpaired) electrons. The zero-order valence-corrected chi connectivity index (χ0v) is 14.1. The number of fused-ring (bicyclic) bond motifs is 1. The lowest BCUT2D eigenvalue weighted by Gasteiger charge is -2.17. The van der Waals surface area contributed by atoms with Crippen LogP contribution in [0.5, 0.6) is 5.75 Å². The Morgan fingerprint density at radius 3 is 2.58 bits per heavy atom. The van der Waals surface area contributed by atoms with E-state index in [9.17, 15) is 4.79 Å². The maximum absolute atomic E-state index is 11.8. The quantitative estimate of drug-likeness (QED) is 0.814. The second-order valence-corrected chi connectivity index (χ2v) is 6.23. The van der Waals surface area contributed by atoms with Gasteiger partial charge in [-0.2, -0.15) is 0 Å². The van der Waals surface area contributed by atoms with Gasteiger partial charge in [0.2, 0.25) is 0 Å². The van der Waals surface area contributed by atoms with Crippen molar-refractivity contribution in [2.24, 2.45) is 0 Å². The predicted octanol–water partition coefficient (Wildman–Crippen LogP) is 4.07. The Morgan fingerprint density at radius 1 is 1.04 bits per heavy atom. The van der Waals surface area contributed by atoms with E-state index in [0.717, 1.165) is 17.9 Å². The second kappa shape index (κ2) is 7.86. The highest BCUT2D eigenvalue weighted by Crippen LogP contribution is 2.25. The highest BCUT2D eigenvalue weighted by Gasteiger charge is 2.09. The number of rotatable bonds is 5. The first-order chi connectivity index (χ1) is 11.7. The number of nitrogens with one attached hydrogen (secondary N) is 2. The van der Waals surface area contributed by atoms with Crippen molar-refractivity contribution in [2.75, 3.05) is 18.5 Å². The first kappa shape index (κ1) is 16.4. The molecule has 0 saturated heterocycles. The first-order valence-corrected chi connectivity index (χ1v) is 8.57. The zero-order chi connectivity index (χ0) is 16.8. The van der Waals surface area contributed by atoms with Crippen LogP contribution in [0.1, 0.15) is 29.5 Å². The van der Waals surface area contributed by atoms with Crippen LogP contribution in [-0.2, 0) is 12.8 Å². The summed E-state index contributed by atoms with van der Waals surface area (Å²) in [5, 5.41) is 5.61. The van der Waals surface area contributed by atoms with E-state index in [4.69, 9.17) is 4.74 Å². The summed E-state index contributed by atoms with van der Waals surface area (Å²) in [5.41, 5.74) is 4.81. The summed E-state index contributed by atoms with van der Waals surface area (Å²) in [6, 6.07) is 13.8. The number of amides is 2. The van der Waals surface area contributed by atoms with Crippen LogP contribution in [0.4, 0.5) is 10.5 Å². The van der Waals surface area contributed by atoms with Gasteiger partial charge in [0.15, 0.2) is 0 Å². The topological polar surface area (TPSA) is 50.4 Å². The van der Waals surface area contributed by atoms with E-state index < -0.39 is 0 Å². The van der Waals surface area contributed by atoms with Gasteiger partial charge in [-0.3, -0.25) is 0 Å². The van der Waals surface area contributed by atoms with Gasteiger partial charge in [0.05, 0.1) is 6.54 Å². The van der Waals surface area contributed by atoms with Gasteiger partial charge < -0.3 is 15.4 Å². The molecule has 4 heteroatoms. The largest absolute Gasteiger partial charge is 0.492 e. The SMILES string of the molecule is Cc1ccc(NC(=O)NCCOc2ccc3c(c2)CCCC3)cc1. The molecule has 0 bridgehead atoms. The van der Waals surface area contributed by atoms with Crippen molar-refractivity contribution in [3.8, 4) is 5.75 Å². The van der Waals surface area contributed by atoms with Crippen LogP contribution in [0.2, 0.25) is 0 Å². The fourth-order valence-corrected chi connectivity index (χ4v) is 2.95. The van der Waals surface area contributed by atoms with Crippen LogP contribution in [0.3, 0.4) is 0 Å². The highest BCUT2D eigenvalue weighted by atomic mass is 16.5. The Bertz CT molecular complexity index is 695. The van der Waals surface area contributed by atoms with E-state index in [1.165, 1.54) is 36.0 Å². The first-order valence-electron chi connectivity index (χ1n) is 8.57. The van der Waals surface area contributed by atoms with E-state index in [0.29, 0.717) is 13.2 Å². The number of carbonyl (C=O) groups is 1. The maximum atomic E-state index is 11.8. The van der Waals surface area contributed by atoms with E-state index in [1.807, 2.05) is 37.3 Å². The lowest BCUT2D eigenvalue weighted by atomic mass is 9.92. The number of anilines is 1. The average molecular weight is 324 g/mol. The number of ether oxygens (including phenoxy) is 1. The van der Waals surface area contributed by atoms with Crippen molar-refractivity contribution < 1.29 is 9.53 Å². The molecule has 2 amide bonds. The lowest BCUT2D eigenvalue weighted by Crippen LogP contribution is -2.32. The summed E-state index contributed by atoms with van der Waals surface area (Å²) in [5.74, 6) is 0.886. The summed E-state index contributed by atoms with van der Waals surface area (Å²) < 4.78 is 5.75. The number of hydrogen-bond donors (Lipinski definition) is 2. The zero-order valence-electron chi connectivity index (χ0n) is 14.1. The maximum Gasteiger partial charge on any atom is 0.319 e. The summed E-state index contributed by atoms with van der Waals surface area (Å²) in [7, 11) is 0. The number of aryl methyl sites for hydroxylation is 3. The molecule has 0 atom stereocenters. The molecule has 3 rings (SSSR count). The molecule has 0 aromatic heterocycles. The molecule has 0 spiro atoms. The monoisotopic (exact) mass is 324 g/mol. The Balaban J connectivity index is 1.40. The van der Waals surface area contributed by atoms with Crippen LogP contribution in [0.15, 0.2) is 42.5 Å². The third-order valence-corrected chi connectivity index (χ3v) is 4.29. The van der Waals surface area contributed by atoms with Crippen LogP contribution in [0, 0.1) is 6.92 Å². The van der Waals surface area contributed by atoms with Gasteiger partial charge in [-0.1, -0.05) is 23.8 Å². The summed E-state index contributed by atoms with van der Waals surface area (Å²) in [4.78, 5) is 11.8. The summed E-state index contributed by atoms with van der Waals surface area (Å²) in [6.45, 7) is 2.94. The fraction of sp³-hybridized carbons (Fsp3) is 0.350. The van der Waals surface area contributed by atoms with Crippen molar-refractivity contribution >= 4 is 11.7 Å². The van der Waals surface area contributed by atoms with Gasteiger partial charge in [0.25, 0.3) is 0 Å². The molecular formula is C20H24N2O2. The van der Waals surface area contributed by atoms with E-state index in [2.05, 4.69) is 22.8 Å². The van der Waals surface area contributed by atoms with Gasteiger partial charge in [-0.15, -0.1) is 0 Å². The second-order valence-electron chi connectivity index (χ2n) is 6.23. The van der Waals surface area contributed by atoms with Gasteiger partial charge in [0.1, 0.15) is 12.4 Å². The molecule has 24 heavy (non-hydrogen) atoms. The standard InChI is InChI=1S/C20H24N2O2/c1-15-6-9-18(10-7-15)22-20(23)21-12-13-24-19-11-8-16-4-2-3-5-17(16)14-19/h6-11,14H,2-5,12-13H2,1H3,(H2,21,22,23). The minimum absolute atomic E-state index is 0.215. The van der Waals surface area contributed by atoms with Crippen molar-refractivity contribution in [1.82, 2.24) is 5.32 Å². The molecule has 1 aliphatic carbocycles. The summed E-state index contributed by atoms with van der Waals surface area (Å²) >= 11 is 0. The third-order valence-electron chi connectivity index (χ3n) is 4.29. The minimum Gasteiger partial charge on any atom is -0.492 e. The van der Waals surface area contributed by atoms with E-state index in [-0.39, 0.29) is 6.03 Å². The molecule has 2 aromatic rings. The van der Waals surface area contributed by atoms with Crippen LogP contribution >= 0.6 is 0 Å². The molecule has 0 heterocycles. The van der Waals surface area contributed by atoms with Gasteiger partial charge in [0, 0.05) is 5.69 Å². The molecule has 1 aliphatic rings. The Morgan fingerprint density at radius 2 is 1.79 bits per heavy atom. The molecule has 0 aliphatic heterocycles. The summed E-state index contributed by atoms with van der Waals surface area (Å²) in [6.07, 6.45) is 4.87. The van der Waals surface area contributed by atoms with Crippen LogP contribution in [-0.4, -0.2) is 19.2 Å². The Hall–Kier alpha value is -2.49. The predicted molar refractivity (Wildman–Crippen MR) is 96.8 cm³/mol. The normalized spacial score (nSPS) is 13.0. The molecule has 2 aromatic carbocycles. The third kappa shape index (κ3) is 4.51. The van der Waals surface area contributed by atoms with Crippen molar-refractivity contribution in [3.63, 3.8) is 0 Å². The van der Waals surface area contributed by atoms with Gasteiger partial charge >= 0.3 is 6.03 Å². The minimum atomic E-state index is -0.215. The Kier molecular flexibility index (Phi) is 5.36. The molecule has 0 saturated carbocycles. The van der Waals surface area contributed by atoms with Gasteiger partial charge in [-0.05, 0) is 68.0 Å².